The molecular formula is C40H73N3O15P2. The maximum Gasteiger partial charge on any atom is 0.481 e. The van der Waals surface area contributed by atoms with Gasteiger partial charge in [-0.05, 0) is 30.7 Å². The van der Waals surface area contributed by atoms with Crippen LogP contribution in [0.3, 0.4) is 0 Å². The van der Waals surface area contributed by atoms with Gasteiger partial charge in [0.1, 0.15) is 30.7 Å². The van der Waals surface area contributed by atoms with Crippen LogP contribution in [-0.4, -0.2) is 85.7 Å². The van der Waals surface area contributed by atoms with E-state index >= 15 is 0 Å². The summed E-state index contributed by atoms with van der Waals surface area (Å²) in [5, 5.41) is 20.8. The monoisotopic (exact) mass is 897 g/mol. The Kier molecular flexibility index (Phi) is 26.2. The molecule has 1 aromatic heterocycles. The van der Waals surface area contributed by atoms with Crippen LogP contribution in [0.25, 0.3) is 0 Å². The summed E-state index contributed by atoms with van der Waals surface area (Å²) in [4.78, 5) is 61.5. The van der Waals surface area contributed by atoms with Crippen LogP contribution in [0, 0.1) is 11.8 Å². The second-order valence-corrected chi connectivity index (χ2v) is 19.6. The Labute approximate surface area is 355 Å². The van der Waals surface area contributed by atoms with Gasteiger partial charge in [-0.25, -0.2) is 13.9 Å². The van der Waals surface area contributed by atoms with E-state index in [2.05, 4.69) is 37.0 Å². The summed E-state index contributed by atoms with van der Waals surface area (Å²) in [5.74, 6) is 0.140. The smallest absolute Gasteiger partial charge is 0.462 e. The summed E-state index contributed by atoms with van der Waals surface area (Å²) >= 11 is 0. The first kappa shape index (κ1) is 53.9. The maximum atomic E-state index is 12.8. The highest BCUT2D eigenvalue weighted by Crippen LogP contribution is 2.60. The van der Waals surface area contributed by atoms with Crippen LogP contribution in [0.2, 0.25) is 0 Å². The van der Waals surface area contributed by atoms with E-state index in [0.717, 1.165) is 68.0 Å². The molecule has 1 aromatic rings. The summed E-state index contributed by atoms with van der Waals surface area (Å²) in [6.07, 6.45) is 12.6. The second kappa shape index (κ2) is 29.2. The lowest BCUT2D eigenvalue weighted by atomic mass is 10.0. The number of aliphatic hydroxyl groups is 2. The van der Waals surface area contributed by atoms with Crippen molar-refractivity contribution in [3.05, 3.63) is 22.7 Å². The van der Waals surface area contributed by atoms with Crippen molar-refractivity contribution in [2.24, 2.45) is 11.8 Å². The molecule has 348 valence electrons. The number of hydrogen-bond donors (Lipinski definition) is 5. The van der Waals surface area contributed by atoms with Crippen LogP contribution in [0.1, 0.15) is 162 Å². The molecule has 0 bridgehead atoms. The van der Waals surface area contributed by atoms with Crippen molar-refractivity contribution in [3.8, 4) is 0 Å². The number of nitrogens with two attached hydrogens (primary N) is 1. The summed E-state index contributed by atoms with van der Waals surface area (Å²) in [6.45, 7) is 6.61. The van der Waals surface area contributed by atoms with E-state index < -0.39 is 83.7 Å². The summed E-state index contributed by atoms with van der Waals surface area (Å²) in [5.41, 5.74) is 4.57. The zero-order chi connectivity index (χ0) is 44.6. The van der Waals surface area contributed by atoms with Gasteiger partial charge in [0.2, 0.25) is 0 Å². The Balaban J connectivity index is 1.85. The molecule has 1 aliphatic rings. The highest BCUT2D eigenvalue weighted by molar-refractivity contribution is 7.61. The topological polar surface area (TPSA) is 265 Å². The number of hydrogen-bond acceptors (Lipinski definition) is 15. The normalized spacial score (nSPS) is 20.6. The molecule has 2 rings (SSSR count). The SMILES string of the molecule is CC(C)CCCCCCCCCCCC(=O)O[C@H](COC(=O)CCCCCCCCCC(C)C)COP(=O)(O)OP(=O)(O)OC[C@H]1O[C@@H](n2ccc(N)nc2=O)C(O)[C@H]1O. The van der Waals surface area contributed by atoms with E-state index in [1.54, 1.807) is 0 Å². The number of unbranched alkanes of at least 4 members (excludes halogenated alkanes) is 14. The molecule has 18 nitrogen and oxygen atoms in total. The van der Waals surface area contributed by atoms with E-state index in [0.29, 0.717) is 18.8 Å². The van der Waals surface area contributed by atoms with Gasteiger partial charge in [0.25, 0.3) is 0 Å². The predicted molar refractivity (Wildman–Crippen MR) is 224 cm³/mol. The average molecular weight is 898 g/mol. The minimum atomic E-state index is -5.41. The molecule has 3 unspecified atom stereocenters. The second-order valence-electron chi connectivity index (χ2n) is 16.5. The van der Waals surface area contributed by atoms with Crippen molar-refractivity contribution < 1.29 is 66.3 Å². The van der Waals surface area contributed by atoms with Crippen LogP contribution >= 0.6 is 15.6 Å². The molecule has 0 spiro atoms. The number of phosphoric acid groups is 2. The fourth-order valence-corrected chi connectivity index (χ4v) is 8.73. The molecular weight excluding hydrogens is 824 g/mol. The van der Waals surface area contributed by atoms with Crippen LogP contribution < -0.4 is 11.4 Å². The van der Waals surface area contributed by atoms with Crippen LogP contribution in [0.5, 0.6) is 0 Å². The van der Waals surface area contributed by atoms with Crippen molar-refractivity contribution in [2.75, 3.05) is 25.6 Å². The van der Waals surface area contributed by atoms with Gasteiger partial charge in [-0.2, -0.15) is 9.29 Å². The number of carbonyl (C=O) groups excluding carboxylic acids is 2. The van der Waals surface area contributed by atoms with Gasteiger partial charge in [-0.1, -0.05) is 130 Å². The first-order valence-corrected chi connectivity index (χ1v) is 24.8. The Morgan fingerprint density at radius 2 is 1.23 bits per heavy atom. The van der Waals surface area contributed by atoms with E-state index in [9.17, 15) is 43.5 Å². The highest BCUT2D eigenvalue weighted by Gasteiger charge is 2.46. The minimum Gasteiger partial charge on any atom is -0.462 e. The lowest BCUT2D eigenvalue weighted by Crippen LogP contribution is -2.36. The van der Waals surface area contributed by atoms with Gasteiger partial charge in [-0.15, -0.1) is 0 Å². The zero-order valence-electron chi connectivity index (χ0n) is 36.1. The number of esters is 2. The summed E-state index contributed by atoms with van der Waals surface area (Å²) < 4.78 is 56.4. The molecule has 1 aliphatic heterocycles. The minimum absolute atomic E-state index is 0.0538. The predicted octanol–water partition coefficient (Wildman–Crippen LogP) is 7.26. The lowest BCUT2D eigenvalue weighted by Gasteiger charge is -2.21. The Hall–Kier alpha value is -2.24. The number of ether oxygens (including phenoxy) is 3. The fourth-order valence-electron chi connectivity index (χ4n) is 6.62. The number of rotatable bonds is 34. The van der Waals surface area contributed by atoms with E-state index in [4.69, 9.17) is 29.0 Å². The molecule has 0 aromatic carbocycles. The molecule has 0 amide bonds. The number of nitrogen functional groups attached to an aromatic ring is 1. The molecule has 1 fully saturated rings. The van der Waals surface area contributed by atoms with Gasteiger partial charge in [0.15, 0.2) is 12.3 Å². The van der Waals surface area contributed by atoms with Gasteiger partial charge < -0.3 is 39.9 Å². The number of carbonyl (C=O) groups is 2. The van der Waals surface area contributed by atoms with Crippen molar-refractivity contribution in [1.82, 2.24) is 9.55 Å². The van der Waals surface area contributed by atoms with Crippen molar-refractivity contribution >= 4 is 33.4 Å². The van der Waals surface area contributed by atoms with Gasteiger partial charge in [0, 0.05) is 19.0 Å². The molecule has 7 atom stereocenters. The summed E-state index contributed by atoms with van der Waals surface area (Å²) in [7, 11) is -10.8. The van der Waals surface area contributed by atoms with E-state index in [1.165, 1.54) is 57.4 Å². The standard InChI is InChI=1S/C40H73N3O15P2/c1-30(2)21-17-13-9-6-5-7-11-16-20-24-36(45)56-32(27-53-35(44)23-19-15-12-8-10-14-18-22-31(3)4)28-54-59(49,50)58-60(51,52)55-29-33-37(46)38(47)39(57-33)43-26-25-34(41)42-40(43)48/h25-26,30-33,37-39,46-47H,5-24,27-29H2,1-4H3,(H,49,50)(H,51,52)(H2,41,42,48)/t32-,33-,37+,38?,39-/m1/s1. The largest absolute Gasteiger partial charge is 0.481 e. The summed E-state index contributed by atoms with van der Waals surface area (Å²) in [6, 6.07) is 1.25. The van der Waals surface area contributed by atoms with Gasteiger partial charge in [0.05, 0.1) is 13.2 Å². The molecule has 0 radical (unpaired) electrons. The first-order valence-electron chi connectivity index (χ1n) is 21.8. The number of anilines is 1. The third kappa shape index (κ3) is 23.8. The third-order valence-electron chi connectivity index (χ3n) is 10.0. The Bertz CT molecular complexity index is 1530. The molecule has 20 heteroatoms. The molecule has 1 saturated heterocycles. The van der Waals surface area contributed by atoms with Crippen LogP contribution in [-0.2, 0) is 46.3 Å². The van der Waals surface area contributed by atoms with Gasteiger partial charge >= 0.3 is 33.3 Å². The van der Waals surface area contributed by atoms with Crippen molar-refractivity contribution in [3.63, 3.8) is 0 Å². The van der Waals surface area contributed by atoms with E-state index in [-0.39, 0.29) is 18.7 Å². The average Bonchev–Trinajstić information content (AvgIpc) is 3.44. The van der Waals surface area contributed by atoms with Crippen molar-refractivity contribution in [2.45, 2.75) is 187 Å². The number of aromatic nitrogens is 2. The Morgan fingerprint density at radius 3 is 1.75 bits per heavy atom. The molecule has 2 heterocycles. The number of aliphatic hydroxyl groups excluding tert-OH is 2. The Morgan fingerprint density at radius 1 is 0.750 bits per heavy atom. The van der Waals surface area contributed by atoms with Crippen molar-refractivity contribution in [1.29, 1.82) is 0 Å². The molecule has 60 heavy (non-hydrogen) atoms. The third-order valence-corrected chi connectivity index (χ3v) is 12.6. The zero-order valence-corrected chi connectivity index (χ0v) is 37.9. The number of nitrogens with zero attached hydrogens (tertiary/aromatic N) is 2. The highest BCUT2D eigenvalue weighted by atomic mass is 31.3. The van der Waals surface area contributed by atoms with E-state index in [1.807, 2.05) is 0 Å². The van der Waals surface area contributed by atoms with Crippen LogP contribution in [0.15, 0.2) is 17.1 Å². The lowest BCUT2D eigenvalue weighted by molar-refractivity contribution is -0.161. The van der Waals surface area contributed by atoms with Gasteiger partial charge in [-0.3, -0.25) is 23.2 Å². The molecule has 0 saturated carbocycles. The molecule has 6 N–H and O–H groups in total. The molecule has 0 aliphatic carbocycles. The number of phosphoric ester groups is 2. The van der Waals surface area contributed by atoms with Crippen LogP contribution in [0.4, 0.5) is 5.82 Å². The maximum absolute atomic E-state index is 12.8. The quantitative estimate of drug-likeness (QED) is 0.0259. The fraction of sp³-hybridized carbons (Fsp3) is 0.850. The first-order chi connectivity index (χ1) is 28.4.